The first kappa shape index (κ1) is 16.9. The predicted molar refractivity (Wildman–Crippen MR) is 93.1 cm³/mol. The Balaban J connectivity index is 1.51. The van der Waals surface area contributed by atoms with Gasteiger partial charge in [0.15, 0.2) is 0 Å². The molecule has 6 heteroatoms. The fourth-order valence-electron chi connectivity index (χ4n) is 2.94. The van der Waals surface area contributed by atoms with Crippen LogP contribution in [0, 0.1) is 11.3 Å². The number of likely N-dealkylation sites (tertiary alicyclic amines) is 1. The number of benzene rings is 1. The van der Waals surface area contributed by atoms with E-state index in [0.717, 1.165) is 31.6 Å². The van der Waals surface area contributed by atoms with Crippen molar-refractivity contribution in [2.24, 2.45) is 0 Å². The van der Waals surface area contributed by atoms with E-state index < -0.39 is 0 Å². The van der Waals surface area contributed by atoms with Gasteiger partial charge >= 0.3 is 0 Å². The lowest BCUT2D eigenvalue weighted by atomic mass is 10.1. The second-order valence-corrected chi connectivity index (χ2v) is 6.09. The van der Waals surface area contributed by atoms with Crippen molar-refractivity contribution >= 4 is 5.91 Å². The minimum absolute atomic E-state index is 0.0950. The molecule has 1 aromatic heterocycles. The van der Waals surface area contributed by atoms with Crippen molar-refractivity contribution < 1.29 is 9.53 Å². The van der Waals surface area contributed by atoms with Gasteiger partial charge in [-0.25, -0.2) is 4.98 Å². The molecule has 2 heterocycles. The largest absolute Gasteiger partial charge is 0.481 e. The molecule has 1 fully saturated rings. The zero-order chi connectivity index (χ0) is 17.6. The molecule has 0 radical (unpaired) electrons. The van der Waals surface area contributed by atoms with Gasteiger partial charge in [-0.05, 0) is 36.2 Å². The van der Waals surface area contributed by atoms with Crippen LogP contribution >= 0.6 is 0 Å². The summed E-state index contributed by atoms with van der Waals surface area (Å²) in [6.07, 6.45) is 2.74. The Kier molecular flexibility index (Phi) is 5.26. The Bertz CT molecular complexity index is 766. The number of carbonyl (C=O) groups excluding carboxylic acids is 1. The van der Waals surface area contributed by atoms with Gasteiger partial charge in [0, 0.05) is 43.5 Å². The molecule has 1 amide bonds. The molecule has 1 aliphatic heterocycles. The maximum atomic E-state index is 12.3. The monoisotopic (exact) mass is 336 g/mol. The number of hydrogen-bond acceptors (Lipinski definition) is 5. The van der Waals surface area contributed by atoms with Crippen LogP contribution in [0.15, 0.2) is 42.6 Å². The molecule has 0 aliphatic carbocycles. The van der Waals surface area contributed by atoms with Crippen LogP contribution in [-0.2, 0) is 6.54 Å². The van der Waals surface area contributed by atoms with Crippen molar-refractivity contribution in [2.75, 3.05) is 20.2 Å². The SMILES string of the molecule is COc1ccc(CN2CC[C@H](NC(=O)c3ccc(C#N)cc3)C2)cn1. The number of rotatable bonds is 5. The van der Waals surface area contributed by atoms with E-state index in [2.05, 4.69) is 21.3 Å². The van der Waals surface area contributed by atoms with Gasteiger partial charge in [0.1, 0.15) is 0 Å². The lowest BCUT2D eigenvalue weighted by molar-refractivity contribution is 0.0937. The molecule has 0 bridgehead atoms. The molecule has 25 heavy (non-hydrogen) atoms. The van der Waals surface area contributed by atoms with Crippen molar-refractivity contribution in [3.63, 3.8) is 0 Å². The summed E-state index contributed by atoms with van der Waals surface area (Å²) in [5.41, 5.74) is 2.26. The molecular weight excluding hydrogens is 316 g/mol. The van der Waals surface area contributed by atoms with Crippen LogP contribution in [-0.4, -0.2) is 42.0 Å². The van der Waals surface area contributed by atoms with E-state index in [1.807, 2.05) is 18.3 Å². The van der Waals surface area contributed by atoms with Crippen molar-refractivity contribution in [3.05, 3.63) is 59.3 Å². The Morgan fingerprint density at radius 1 is 1.36 bits per heavy atom. The van der Waals surface area contributed by atoms with Crippen LogP contribution in [0.2, 0.25) is 0 Å². The number of nitrogens with one attached hydrogen (secondary N) is 1. The number of nitrogens with zero attached hydrogens (tertiary/aromatic N) is 3. The van der Waals surface area contributed by atoms with E-state index in [1.54, 1.807) is 31.4 Å². The average molecular weight is 336 g/mol. The minimum atomic E-state index is -0.0950. The number of methoxy groups -OCH3 is 1. The summed E-state index contributed by atoms with van der Waals surface area (Å²) in [4.78, 5) is 18.8. The highest BCUT2D eigenvalue weighted by molar-refractivity contribution is 5.94. The highest BCUT2D eigenvalue weighted by Gasteiger charge is 2.24. The van der Waals surface area contributed by atoms with E-state index in [-0.39, 0.29) is 11.9 Å². The molecule has 2 aromatic rings. The summed E-state index contributed by atoms with van der Waals surface area (Å²) in [5.74, 6) is 0.514. The van der Waals surface area contributed by atoms with Crippen molar-refractivity contribution in [2.45, 2.75) is 19.0 Å². The van der Waals surface area contributed by atoms with E-state index in [4.69, 9.17) is 10.00 Å². The zero-order valence-electron chi connectivity index (χ0n) is 14.1. The predicted octanol–water partition coefficient (Wildman–Crippen LogP) is 1.97. The molecule has 0 spiro atoms. The second-order valence-electron chi connectivity index (χ2n) is 6.09. The van der Waals surface area contributed by atoms with Crippen LogP contribution in [0.3, 0.4) is 0 Å². The first-order valence-corrected chi connectivity index (χ1v) is 8.20. The molecular formula is C19H20N4O2. The zero-order valence-corrected chi connectivity index (χ0v) is 14.1. The summed E-state index contributed by atoms with van der Waals surface area (Å²) >= 11 is 0. The molecule has 0 unspecified atom stereocenters. The maximum absolute atomic E-state index is 12.3. The van der Waals surface area contributed by atoms with E-state index in [1.165, 1.54) is 0 Å². The number of pyridine rings is 1. The fraction of sp³-hybridized carbons (Fsp3) is 0.316. The van der Waals surface area contributed by atoms with Crippen LogP contribution in [0.25, 0.3) is 0 Å². The smallest absolute Gasteiger partial charge is 0.251 e. The molecule has 1 aliphatic rings. The molecule has 1 atom stereocenters. The number of carbonyl (C=O) groups is 1. The van der Waals surface area contributed by atoms with Gasteiger partial charge in [-0.1, -0.05) is 6.07 Å². The molecule has 1 aromatic carbocycles. The highest BCUT2D eigenvalue weighted by atomic mass is 16.5. The summed E-state index contributed by atoms with van der Waals surface area (Å²) in [6.45, 7) is 2.55. The number of ether oxygens (including phenoxy) is 1. The third-order valence-corrected chi connectivity index (χ3v) is 4.30. The van der Waals surface area contributed by atoms with Gasteiger partial charge in [0.2, 0.25) is 5.88 Å². The van der Waals surface area contributed by atoms with Crippen molar-refractivity contribution in [3.8, 4) is 11.9 Å². The Morgan fingerprint density at radius 3 is 2.80 bits per heavy atom. The Hall–Kier alpha value is -2.91. The highest BCUT2D eigenvalue weighted by Crippen LogP contribution is 2.15. The third-order valence-electron chi connectivity index (χ3n) is 4.30. The van der Waals surface area contributed by atoms with Gasteiger partial charge < -0.3 is 10.1 Å². The standard InChI is InChI=1S/C19H20N4O2/c1-25-18-7-4-15(11-21-18)12-23-9-8-17(13-23)22-19(24)16-5-2-14(10-20)3-6-16/h2-7,11,17H,8-9,12-13H2,1H3,(H,22,24)/t17-/m0/s1. The number of nitriles is 1. The van der Waals surface area contributed by atoms with Crippen molar-refractivity contribution in [1.29, 1.82) is 5.26 Å². The van der Waals surface area contributed by atoms with Gasteiger partial charge in [0.25, 0.3) is 5.91 Å². The Morgan fingerprint density at radius 2 is 2.16 bits per heavy atom. The quantitative estimate of drug-likeness (QED) is 0.903. The van der Waals surface area contributed by atoms with Gasteiger partial charge in [-0.15, -0.1) is 0 Å². The van der Waals surface area contributed by atoms with Crippen LogP contribution in [0.1, 0.15) is 27.9 Å². The molecule has 6 nitrogen and oxygen atoms in total. The Labute approximate surface area is 147 Å². The third kappa shape index (κ3) is 4.34. The van der Waals surface area contributed by atoms with Crippen molar-refractivity contribution in [1.82, 2.24) is 15.2 Å². The second kappa shape index (κ2) is 7.77. The van der Waals surface area contributed by atoms with E-state index in [9.17, 15) is 4.79 Å². The molecule has 128 valence electrons. The molecule has 1 saturated heterocycles. The number of amides is 1. The normalized spacial score (nSPS) is 17.0. The van der Waals surface area contributed by atoms with Crippen LogP contribution in [0.4, 0.5) is 0 Å². The van der Waals surface area contributed by atoms with Gasteiger partial charge in [0.05, 0.1) is 18.7 Å². The summed E-state index contributed by atoms with van der Waals surface area (Å²) < 4.78 is 5.07. The molecule has 0 saturated carbocycles. The van der Waals surface area contributed by atoms with E-state index >= 15 is 0 Å². The fourth-order valence-corrected chi connectivity index (χ4v) is 2.94. The van der Waals surface area contributed by atoms with Gasteiger partial charge in [-0.3, -0.25) is 9.69 Å². The minimum Gasteiger partial charge on any atom is -0.481 e. The van der Waals surface area contributed by atoms with Crippen LogP contribution < -0.4 is 10.1 Å². The molecule has 3 rings (SSSR count). The van der Waals surface area contributed by atoms with Gasteiger partial charge in [-0.2, -0.15) is 5.26 Å². The number of aromatic nitrogens is 1. The topological polar surface area (TPSA) is 78.2 Å². The first-order chi connectivity index (χ1) is 12.2. The van der Waals surface area contributed by atoms with E-state index in [0.29, 0.717) is 17.0 Å². The maximum Gasteiger partial charge on any atom is 0.251 e. The summed E-state index contributed by atoms with van der Waals surface area (Å²) in [5, 5.41) is 11.9. The lowest BCUT2D eigenvalue weighted by Crippen LogP contribution is -2.37. The summed E-state index contributed by atoms with van der Waals surface area (Å²) in [7, 11) is 1.60. The average Bonchev–Trinajstić information content (AvgIpc) is 3.09. The lowest BCUT2D eigenvalue weighted by Gasteiger charge is -2.17. The van der Waals surface area contributed by atoms with Crippen LogP contribution in [0.5, 0.6) is 5.88 Å². The first-order valence-electron chi connectivity index (χ1n) is 8.20. The molecule has 1 N–H and O–H groups in total. The number of hydrogen-bond donors (Lipinski definition) is 1. The summed E-state index contributed by atoms with van der Waals surface area (Å²) in [6, 6.07) is 12.7.